The van der Waals surface area contributed by atoms with Crippen molar-refractivity contribution in [3.05, 3.63) is 89.5 Å². The fraction of sp³-hybridized carbons (Fsp3) is 0.385. The molecule has 0 saturated carbocycles. The molecule has 2 aromatic carbocycles. The molecule has 31 heavy (non-hydrogen) atoms. The van der Waals surface area contributed by atoms with Crippen LogP contribution in [0.15, 0.2) is 67.0 Å². The van der Waals surface area contributed by atoms with Gasteiger partial charge in [-0.05, 0) is 31.9 Å². The van der Waals surface area contributed by atoms with Crippen molar-refractivity contribution in [3.8, 4) is 0 Å². The van der Waals surface area contributed by atoms with Gasteiger partial charge in [-0.1, -0.05) is 60.7 Å². The third kappa shape index (κ3) is 4.57. The van der Waals surface area contributed by atoms with Crippen LogP contribution in [0.5, 0.6) is 0 Å². The zero-order valence-corrected chi connectivity index (χ0v) is 18.7. The number of imidazole rings is 1. The van der Waals surface area contributed by atoms with E-state index < -0.39 is 0 Å². The summed E-state index contributed by atoms with van der Waals surface area (Å²) in [6.45, 7) is 9.25. The molecule has 5 nitrogen and oxygen atoms in total. The van der Waals surface area contributed by atoms with E-state index in [0.717, 1.165) is 36.5 Å². The van der Waals surface area contributed by atoms with Gasteiger partial charge in [0.15, 0.2) is 0 Å². The minimum absolute atomic E-state index is 0.158. The maximum atomic E-state index is 14.0. The molecule has 0 bridgehead atoms. The first-order valence-electron chi connectivity index (χ1n) is 11.2. The van der Waals surface area contributed by atoms with E-state index in [-0.39, 0.29) is 18.0 Å². The lowest BCUT2D eigenvalue weighted by atomic mass is 9.99. The van der Waals surface area contributed by atoms with Crippen LogP contribution in [0, 0.1) is 0 Å². The van der Waals surface area contributed by atoms with E-state index >= 15 is 0 Å². The number of carbonyl (C=O) groups is 1. The molecule has 162 valence electrons. The zero-order chi connectivity index (χ0) is 21.8. The van der Waals surface area contributed by atoms with Crippen molar-refractivity contribution in [3.63, 3.8) is 0 Å². The SMILES string of the molecule is CCN(Cc1ccccc1)C(=O)C1c2c(ncn2C(C)C)CCN1Cc1ccccc1. The van der Waals surface area contributed by atoms with E-state index in [4.69, 9.17) is 0 Å². The van der Waals surface area contributed by atoms with Crippen LogP contribution in [-0.2, 0) is 24.3 Å². The standard InChI is InChI=1S/C26H32N4O/c1-4-28(17-21-11-7-5-8-12-21)26(31)25-24-23(27-19-30(24)20(2)3)15-16-29(25)18-22-13-9-6-10-14-22/h5-14,19-20,25H,4,15-18H2,1-3H3. The third-order valence-corrected chi connectivity index (χ3v) is 6.10. The minimum atomic E-state index is -0.322. The summed E-state index contributed by atoms with van der Waals surface area (Å²) in [5.41, 5.74) is 4.51. The normalized spacial score (nSPS) is 16.3. The molecule has 0 aliphatic carbocycles. The lowest BCUT2D eigenvalue weighted by molar-refractivity contribution is -0.138. The van der Waals surface area contributed by atoms with E-state index in [0.29, 0.717) is 13.1 Å². The smallest absolute Gasteiger partial charge is 0.246 e. The van der Waals surface area contributed by atoms with E-state index in [1.165, 1.54) is 5.56 Å². The summed E-state index contributed by atoms with van der Waals surface area (Å²) >= 11 is 0. The van der Waals surface area contributed by atoms with Crippen LogP contribution in [0.2, 0.25) is 0 Å². The number of nitrogens with zero attached hydrogens (tertiary/aromatic N) is 4. The quantitative estimate of drug-likeness (QED) is 0.565. The lowest BCUT2D eigenvalue weighted by Crippen LogP contribution is -2.46. The van der Waals surface area contributed by atoms with Crippen molar-refractivity contribution >= 4 is 5.91 Å². The molecule has 1 aliphatic heterocycles. The topological polar surface area (TPSA) is 41.4 Å². The third-order valence-electron chi connectivity index (χ3n) is 6.10. The molecule has 5 heteroatoms. The first kappa shape index (κ1) is 21.3. The Morgan fingerprint density at radius 1 is 1.06 bits per heavy atom. The molecule has 1 atom stereocenters. The summed E-state index contributed by atoms with van der Waals surface area (Å²) in [4.78, 5) is 23.0. The summed E-state index contributed by atoms with van der Waals surface area (Å²) < 4.78 is 2.19. The number of amides is 1. The number of benzene rings is 2. The Labute approximate surface area is 185 Å². The van der Waals surface area contributed by atoms with Crippen molar-refractivity contribution in [1.82, 2.24) is 19.4 Å². The van der Waals surface area contributed by atoms with E-state index in [1.54, 1.807) is 0 Å². The highest BCUT2D eigenvalue weighted by molar-refractivity contribution is 5.83. The van der Waals surface area contributed by atoms with Gasteiger partial charge in [-0.15, -0.1) is 0 Å². The largest absolute Gasteiger partial charge is 0.337 e. The number of likely N-dealkylation sites (N-methyl/N-ethyl adjacent to an activating group) is 1. The van der Waals surface area contributed by atoms with Crippen LogP contribution in [0.25, 0.3) is 0 Å². The van der Waals surface area contributed by atoms with Crippen LogP contribution in [0.4, 0.5) is 0 Å². The van der Waals surface area contributed by atoms with Gasteiger partial charge < -0.3 is 9.47 Å². The molecular formula is C26H32N4O. The van der Waals surface area contributed by atoms with Crippen molar-refractivity contribution in [2.45, 2.75) is 52.4 Å². The Bertz CT molecular complexity index is 997. The van der Waals surface area contributed by atoms with Crippen LogP contribution in [0.3, 0.4) is 0 Å². The predicted octanol–water partition coefficient (Wildman–Crippen LogP) is 4.61. The molecule has 1 aromatic heterocycles. The molecule has 1 unspecified atom stereocenters. The number of fused-ring (bicyclic) bond motifs is 1. The van der Waals surface area contributed by atoms with Gasteiger partial charge in [0.05, 0.1) is 17.7 Å². The number of aromatic nitrogens is 2. The summed E-state index contributed by atoms with van der Waals surface area (Å²) in [5.74, 6) is 0.158. The average Bonchev–Trinajstić information content (AvgIpc) is 3.23. The molecule has 1 aliphatic rings. The summed E-state index contributed by atoms with van der Waals surface area (Å²) in [6.07, 6.45) is 2.78. The highest BCUT2D eigenvalue weighted by atomic mass is 16.2. The highest BCUT2D eigenvalue weighted by Crippen LogP contribution is 2.34. The van der Waals surface area contributed by atoms with Gasteiger partial charge in [0.2, 0.25) is 5.91 Å². The maximum Gasteiger partial charge on any atom is 0.246 e. The summed E-state index contributed by atoms with van der Waals surface area (Å²) in [7, 11) is 0. The van der Waals surface area contributed by atoms with Gasteiger partial charge in [0.25, 0.3) is 0 Å². The van der Waals surface area contributed by atoms with Gasteiger partial charge >= 0.3 is 0 Å². The second-order valence-corrected chi connectivity index (χ2v) is 8.52. The lowest BCUT2D eigenvalue weighted by Gasteiger charge is -2.38. The van der Waals surface area contributed by atoms with Crippen LogP contribution >= 0.6 is 0 Å². The van der Waals surface area contributed by atoms with Crippen molar-refractivity contribution in [1.29, 1.82) is 0 Å². The number of rotatable bonds is 7. The Hall–Kier alpha value is -2.92. The molecule has 0 fully saturated rings. The monoisotopic (exact) mass is 416 g/mol. The Morgan fingerprint density at radius 2 is 1.71 bits per heavy atom. The van der Waals surface area contributed by atoms with Gasteiger partial charge in [0, 0.05) is 38.6 Å². The number of hydrogen-bond acceptors (Lipinski definition) is 3. The van der Waals surface area contributed by atoms with Crippen LogP contribution < -0.4 is 0 Å². The Balaban J connectivity index is 1.70. The second kappa shape index (κ2) is 9.48. The van der Waals surface area contributed by atoms with Gasteiger partial charge in [-0.2, -0.15) is 0 Å². The zero-order valence-electron chi connectivity index (χ0n) is 18.7. The molecule has 2 heterocycles. The van der Waals surface area contributed by atoms with E-state index in [9.17, 15) is 4.79 Å². The Kier molecular flexibility index (Phi) is 6.52. The first-order valence-corrected chi connectivity index (χ1v) is 11.2. The maximum absolute atomic E-state index is 14.0. The molecule has 0 N–H and O–H groups in total. The molecule has 3 aromatic rings. The number of carbonyl (C=O) groups excluding carboxylic acids is 1. The van der Waals surface area contributed by atoms with Gasteiger partial charge in [0.1, 0.15) is 6.04 Å². The molecular weight excluding hydrogens is 384 g/mol. The fourth-order valence-corrected chi connectivity index (χ4v) is 4.45. The molecule has 0 radical (unpaired) electrons. The first-order chi connectivity index (χ1) is 15.1. The van der Waals surface area contributed by atoms with Crippen molar-refractivity contribution in [2.75, 3.05) is 13.1 Å². The summed E-state index contributed by atoms with van der Waals surface area (Å²) in [5, 5.41) is 0. The minimum Gasteiger partial charge on any atom is -0.337 e. The molecule has 1 amide bonds. The average molecular weight is 417 g/mol. The highest BCUT2D eigenvalue weighted by Gasteiger charge is 2.38. The number of hydrogen-bond donors (Lipinski definition) is 0. The van der Waals surface area contributed by atoms with E-state index in [2.05, 4.69) is 71.6 Å². The Morgan fingerprint density at radius 3 is 2.32 bits per heavy atom. The van der Waals surface area contributed by atoms with Crippen molar-refractivity contribution in [2.24, 2.45) is 0 Å². The fourth-order valence-electron chi connectivity index (χ4n) is 4.45. The summed E-state index contributed by atoms with van der Waals surface area (Å²) in [6, 6.07) is 20.6. The van der Waals surface area contributed by atoms with Crippen LogP contribution in [0.1, 0.15) is 55.4 Å². The van der Waals surface area contributed by atoms with E-state index in [1.807, 2.05) is 35.5 Å². The van der Waals surface area contributed by atoms with Crippen LogP contribution in [-0.4, -0.2) is 38.3 Å². The molecule has 4 rings (SSSR count). The van der Waals surface area contributed by atoms with Gasteiger partial charge in [-0.3, -0.25) is 9.69 Å². The molecule has 0 saturated heterocycles. The van der Waals surface area contributed by atoms with Crippen molar-refractivity contribution < 1.29 is 4.79 Å². The predicted molar refractivity (Wildman–Crippen MR) is 123 cm³/mol. The molecule has 0 spiro atoms. The van der Waals surface area contributed by atoms with Gasteiger partial charge in [-0.25, -0.2) is 4.98 Å². The second-order valence-electron chi connectivity index (χ2n) is 8.52.